The lowest BCUT2D eigenvalue weighted by Gasteiger charge is -2.23. The van der Waals surface area contributed by atoms with Gasteiger partial charge < -0.3 is 13.9 Å². The van der Waals surface area contributed by atoms with Crippen molar-refractivity contribution in [2.75, 3.05) is 18.6 Å². The molecule has 8 nitrogen and oxygen atoms in total. The summed E-state index contributed by atoms with van der Waals surface area (Å²) >= 11 is 1.22. The van der Waals surface area contributed by atoms with Gasteiger partial charge in [-0.15, -0.1) is 10.2 Å². The Morgan fingerprint density at radius 2 is 2.00 bits per heavy atom. The van der Waals surface area contributed by atoms with Gasteiger partial charge in [-0.25, -0.2) is 0 Å². The monoisotopic (exact) mass is 477 g/mol. The second kappa shape index (κ2) is 8.90. The third kappa shape index (κ3) is 3.62. The van der Waals surface area contributed by atoms with E-state index in [-0.39, 0.29) is 16.8 Å². The first-order valence-corrected chi connectivity index (χ1v) is 11.9. The van der Waals surface area contributed by atoms with Crippen molar-refractivity contribution in [1.29, 1.82) is 0 Å². The Labute approximate surface area is 199 Å². The number of benzene rings is 2. The molecule has 0 fully saturated rings. The van der Waals surface area contributed by atoms with E-state index in [4.69, 9.17) is 13.9 Å². The molecule has 1 atom stereocenters. The lowest BCUT2D eigenvalue weighted by atomic mass is 9.98. The molecular formula is C25H23N3O5S. The Morgan fingerprint density at radius 1 is 1.15 bits per heavy atom. The number of nitrogens with zero attached hydrogens (tertiary/aromatic N) is 3. The van der Waals surface area contributed by atoms with Gasteiger partial charge in [0.2, 0.25) is 10.9 Å². The standard InChI is InChI=1S/C25H23N3O5S/c1-4-5-10-32-18-9-7-15(12-19(18)31-3)21-20-22(29)16-11-14(2)6-8-17(16)33-23(20)24(30)28(21)25-27-26-13-34-25/h6-9,11-13,21H,4-5,10H2,1-3H3. The Morgan fingerprint density at radius 3 is 2.74 bits per heavy atom. The highest BCUT2D eigenvalue weighted by Gasteiger charge is 2.45. The summed E-state index contributed by atoms with van der Waals surface area (Å²) in [6.07, 6.45) is 1.94. The molecule has 5 rings (SSSR count). The molecule has 1 amide bonds. The van der Waals surface area contributed by atoms with Crippen LogP contribution in [0, 0.1) is 6.92 Å². The van der Waals surface area contributed by atoms with Crippen LogP contribution < -0.4 is 19.8 Å². The molecule has 2 aromatic heterocycles. The molecule has 0 saturated heterocycles. The largest absolute Gasteiger partial charge is 0.493 e. The van der Waals surface area contributed by atoms with Crippen LogP contribution in [0.15, 0.2) is 51.1 Å². The van der Waals surface area contributed by atoms with Gasteiger partial charge in [0.15, 0.2) is 16.9 Å². The molecule has 3 heterocycles. The number of hydrogen-bond acceptors (Lipinski definition) is 8. The third-order valence-corrected chi connectivity index (χ3v) is 6.53. The minimum atomic E-state index is -0.741. The van der Waals surface area contributed by atoms with E-state index in [0.717, 1.165) is 18.4 Å². The number of aryl methyl sites for hydroxylation is 1. The molecule has 1 aliphatic heterocycles. The first-order chi connectivity index (χ1) is 16.5. The zero-order chi connectivity index (χ0) is 23.8. The maximum Gasteiger partial charge on any atom is 0.297 e. The topological polar surface area (TPSA) is 94.8 Å². The van der Waals surface area contributed by atoms with Crippen LogP contribution in [0.25, 0.3) is 11.0 Å². The summed E-state index contributed by atoms with van der Waals surface area (Å²) in [5, 5.41) is 8.81. The minimum absolute atomic E-state index is 0.0174. The van der Waals surface area contributed by atoms with Gasteiger partial charge in [-0.05, 0) is 43.2 Å². The number of carbonyl (C=O) groups is 1. The van der Waals surface area contributed by atoms with E-state index in [1.807, 2.05) is 19.1 Å². The van der Waals surface area contributed by atoms with E-state index in [1.54, 1.807) is 36.9 Å². The number of methoxy groups -OCH3 is 1. The predicted octanol–water partition coefficient (Wildman–Crippen LogP) is 4.89. The molecule has 174 valence electrons. The SMILES string of the molecule is CCCCOc1ccc(C2c3c(oc4ccc(C)cc4c3=O)C(=O)N2c2nncs2)cc1OC. The predicted molar refractivity (Wildman–Crippen MR) is 129 cm³/mol. The number of carbonyl (C=O) groups excluding carboxylic acids is 1. The number of rotatable bonds is 7. The van der Waals surface area contributed by atoms with E-state index in [9.17, 15) is 9.59 Å². The Hall–Kier alpha value is -3.72. The van der Waals surface area contributed by atoms with Crippen molar-refractivity contribution < 1.29 is 18.7 Å². The average molecular weight is 478 g/mol. The number of aromatic nitrogens is 2. The average Bonchev–Trinajstić information content (AvgIpc) is 3.46. The molecular weight excluding hydrogens is 454 g/mol. The summed E-state index contributed by atoms with van der Waals surface area (Å²) in [5.41, 5.74) is 3.56. The number of unbranched alkanes of at least 4 members (excludes halogenated alkanes) is 1. The molecule has 0 radical (unpaired) electrons. The van der Waals surface area contributed by atoms with Crippen LogP contribution in [0.1, 0.15) is 53.1 Å². The number of amides is 1. The molecule has 0 N–H and O–H groups in total. The highest BCUT2D eigenvalue weighted by Crippen LogP contribution is 2.43. The summed E-state index contributed by atoms with van der Waals surface area (Å²) in [6, 6.07) is 10.0. The lowest BCUT2D eigenvalue weighted by molar-refractivity contribution is 0.0970. The Balaban J connectivity index is 1.70. The first-order valence-electron chi connectivity index (χ1n) is 11.0. The van der Waals surface area contributed by atoms with Gasteiger partial charge in [-0.1, -0.05) is 42.4 Å². The van der Waals surface area contributed by atoms with Gasteiger partial charge in [0.1, 0.15) is 11.1 Å². The van der Waals surface area contributed by atoms with Gasteiger partial charge in [0.25, 0.3) is 5.91 Å². The fourth-order valence-electron chi connectivity index (χ4n) is 4.17. The van der Waals surface area contributed by atoms with Crippen molar-refractivity contribution in [2.24, 2.45) is 0 Å². The Bertz CT molecular complexity index is 1430. The molecule has 1 aliphatic rings. The smallest absolute Gasteiger partial charge is 0.297 e. The molecule has 1 unspecified atom stereocenters. The normalized spacial score (nSPS) is 15.1. The molecule has 0 spiro atoms. The molecule has 2 aromatic carbocycles. The van der Waals surface area contributed by atoms with Crippen molar-refractivity contribution in [2.45, 2.75) is 32.7 Å². The summed E-state index contributed by atoms with van der Waals surface area (Å²) in [7, 11) is 1.56. The molecule has 0 bridgehead atoms. The van der Waals surface area contributed by atoms with Crippen LogP contribution >= 0.6 is 11.3 Å². The van der Waals surface area contributed by atoms with E-state index in [2.05, 4.69) is 17.1 Å². The van der Waals surface area contributed by atoms with E-state index in [0.29, 0.717) is 39.8 Å². The van der Waals surface area contributed by atoms with Crippen LogP contribution in [0.5, 0.6) is 11.5 Å². The summed E-state index contributed by atoms with van der Waals surface area (Å²) in [4.78, 5) is 28.7. The second-order valence-corrected chi connectivity index (χ2v) is 8.90. The van der Waals surface area contributed by atoms with Crippen LogP contribution in [0.4, 0.5) is 5.13 Å². The van der Waals surface area contributed by atoms with E-state index < -0.39 is 11.9 Å². The van der Waals surface area contributed by atoms with Gasteiger partial charge in [-0.2, -0.15) is 0 Å². The van der Waals surface area contributed by atoms with Gasteiger partial charge in [-0.3, -0.25) is 14.5 Å². The van der Waals surface area contributed by atoms with Crippen LogP contribution in [-0.2, 0) is 0 Å². The van der Waals surface area contributed by atoms with Crippen molar-refractivity contribution in [1.82, 2.24) is 10.2 Å². The number of anilines is 1. The lowest BCUT2D eigenvalue weighted by Crippen LogP contribution is -2.29. The van der Waals surface area contributed by atoms with Crippen molar-refractivity contribution in [3.63, 3.8) is 0 Å². The second-order valence-electron chi connectivity index (χ2n) is 8.08. The van der Waals surface area contributed by atoms with Crippen molar-refractivity contribution >= 4 is 33.3 Å². The highest BCUT2D eigenvalue weighted by molar-refractivity contribution is 7.13. The zero-order valence-corrected chi connectivity index (χ0v) is 19.8. The molecule has 4 aromatic rings. The highest BCUT2D eigenvalue weighted by atomic mass is 32.1. The van der Waals surface area contributed by atoms with Gasteiger partial charge in [0, 0.05) is 0 Å². The van der Waals surface area contributed by atoms with Crippen LogP contribution in [0.3, 0.4) is 0 Å². The number of hydrogen-bond donors (Lipinski definition) is 0. The number of fused-ring (bicyclic) bond motifs is 2. The first kappa shape index (κ1) is 22.1. The fraction of sp³-hybridized carbons (Fsp3) is 0.280. The van der Waals surface area contributed by atoms with E-state index in [1.165, 1.54) is 16.2 Å². The minimum Gasteiger partial charge on any atom is -0.493 e. The molecule has 34 heavy (non-hydrogen) atoms. The van der Waals surface area contributed by atoms with Crippen molar-refractivity contribution in [3.8, 4) is 11.5 Å². The fourth-order valence-corrected chi connectivity index (χ4v) is 4.76. The zero-order valence-electron chi connectivity index (χ0n) is 19.0. The summed E-state index contributed by atoms with van der Waals surface area (Å²) < 4.78 is 17.4. The van der Waals surface area contributed by atoms with E-state index >= 15 is 0 Å². The van der Waals surface area contributed by atoms with Crippen LogP contribution in [0.2, 0.25) is 0 Å². The van der Waals surface area contributed by atoms with Crippen molar-refractivity contribution in [3.05, 3.63) is 74.6 Å². The number of ether oxygens (including phenoxy) is 2. The summed E-state index contributed by atoms with van der Waals surface area (Å²) in [6.45, 7) is 4.57. The Kier molecular flexibility index (Phi) is 5.79. The van der Waals surface area contributed by atoms with Gasteiger partial charge in [0.05, 0.1) is 30.7 Å². The quantitative estimate of drug-likeness (QED) is 0.350. The van der Waals surface area contributed by atoms with Gasteiger partial charge >= 0.3 is 0 Å². The third-order valence-electron chi connectivity index (χ3n) is 5.84. The van der Waals surface area contributed by atoms with Crippen LogP contribution in [-0.4, -0.2) is 29.8 Å². The summed E-state index contributed by atoms with van der Waals surface area (Å²) in [5.74, 6) is 0.711. The maximum absolute atomic E-state index is 13.7. The maximum atomic E-state index is 13.7. The molecule has 0 saturated carbocycles. The molecule has 0 aliphatic carbocycles. The molecule has 9 heteroatoms.